The van der Waals surface area contributed by atoms with Crippen LogP contribution in [0.25, 0.3) is 22.4 Å². The Balaban J connectivity index is 2.26. The monoisotopic (exact) mass is 292 g/mol. The number of benzene rings is 2. The quantitative estimate of drug-likeness (QED) is 0.773. The Hall–Kier alpha value is -2.55. The van der Waals surface area contributed by atoms with E-state index >= 15 is 0 Å². The summed E-state index contributed by atoms with van der Waals surface area (Å²) in [6, 6.07) is 16.3. The first kappa shape index (κ1) is 14.4. The Kier molecular flexibility index (Phi) is 3.72. The van der Waals surface area contributed by atoms with Gasteiger partial charge in [0.25, 0.3) is 5.56 Å². The molecule has 0 aliphatic rings. The van der Waals surface area contributed by atoms with Gasteiger partial charge in [-0.3, -0.25) is 14.6 Å². The smallest absolute Gasteiger partial charge is 0.274 e. The van der Waals surface area contributed by atoms with Crippen molar-refractivity contribution in [2.24, 2.45) is 0 Å². The Labute approximate surface area is 130 Å². The average Bonchev–Trinajstić information content (AvgIpc) is 2.85. The highest BCUT2D eigenvalue weighted by atomic mass is 16.1. The lowest BCUT2D eigenvalue weighted by atomic mass is 10.00. The predicted molar refractivity (Wildman–Crippen MR) is 91.1 cm³/mol. The second-order valence-corrected chi connectivity index (χ2v) is 5.65. The minimum Gasteiger partial charge on any atom is -0.294 e. The highest BCUT2D eigenvalue weighted by Gasteiger charge is 2.16. The van der Waals surface area contributed by atoms with Gasteiger partial charge in [0.2, 0.25) is 0 Å². The van der Waals surface area contributed by atoms with Crippen molar-refractivity contribution in [2.75, 3.05) is 0 Å². The summed E-state index contributed by atoms with van der Waals surface area (Å²) in [6.07, 6.45) is 0. The molecule has 0 saturated heterocycles. The van der Waals surface area contributed by atoms with Crippen LogP contribution in [0, 0.1) is 13.8 Å². The average molecular weight is 292 g/mol. The fraction of sp³-hybridized carbons (Fsp3) is 0.211. The molecule has 0 atom stereocenters. The molecule has 0 fully saturated rings. The number of hydrogen-bond donors (Lipinski definition) is 1. The Morgan fingerprint density at radius 3 is 2.32 bits per heavy atom. The lowest BCUT2D eigenvalue weighted by Gasteiger charge is -2.04. The number of aromatic nitrogens is 2. The molecule has 0 bridgehead atoms. The second-order valence-electron chi connectivity index (χ2n) is 5.65. The second kappa shape index (κ2) is 5.68. The Morgan fingerprint density at radius 2 is 1.68 bits per heavy atom. The maximum atomic E-state index is 12.7. The van der Waals surface area contributed by atoms with Gasteiger partial charge < -0.3 is 0 Å². The lowest BCUT2D eigenvalue weighted by Crippen LogP contribution is -2.16. The maximum absolute atomic E-state index is 12.7. The molecule has 2 aromatic carbocycles. The summed E-state index contributed by atoms with van der Waals surface area (Å²) < 4.78 is 1.66. The highest BCUT2D eigenvalue weighted by Crippen LogP contribution is 2.28. The molecule has 0 radical (unpaired) electrons. The molecule has 3 rings (SSSR count). The van der Waals surface area contributed by atoms with E-state index in [4.69, 9.17) is 0 Å². The molecule has 3 heteroatoms. The minimum absolute atomic E-state index is 0.0304. The summed E-state index contributed by atoms with van der Waals surface area (Å²) in [4.78, 5) is 12.7. The van der Waals surface area contributed by atoms with Gasteiger partial charge in [0.15, 0.2) is 0 Å². The van der Waals surface area contributed by atoms with E-state index in [1.165, 1.54) is 11.1 Å². The van der Waals surface area contributed by atoms with Gasteiger partial charge in [-0.15, -0.1) is 0 Å². The van der Waals surface area contributed by atoms with Gasteiger partial charge in [0.05, 0.1) is 11.3 Å². The summed E-state index contributed by atoms with van der Waals surface area (Å²) >= 11 is 0. The van der Waals surface area contributed by atoms with E-state index in [9.17, 15) is 4.79 Å². The van der Waals surface area contributed by atoms with Crippen molar-refractivity contribution in [1.82, 2.24) is 9.78 Å². The summed E-state index contributed by atoms with van der Waals surface area (Å²) in [5.41, 5.74) is 6.02. The maximum Gasteiger partial charge on any atom is 0.274 e. The number of hydrogen-bond acceptors (Lipinski definition) is 1. The fourth-order valence-electron chi connectivity index (χ4n) is 2.70. The zero-order chi connectivity index (χ0) is 15.7. The van der Waals surface area contributed by atoms with Crippen LogP contribution >= 0.6 is 0 Å². The molecule has 0 aliphatic carbocycles. The van der Waals surface area contributed by atoms with Gasteiger partial charge in [0.1, 0.15) is 0 Å². The molecule has 22 heavy (non-hydrogen) atoms. The van der Waals surface area contributed by atoms with Crippen LogP contribution in [0.2, 0.25) is 0 Å². The van der Waals surface area contributed by atoms with E-state index in [1.54, 1.807) is 4.68 Å². The summed E-state index contributed by atoms with van der Waals surface area (Å²) in [7, 11) is 0. The van der Waals surface area contributed by atoms with Crippen molar-refractivity contribution < 1.29 is 0 Å². The molecular formula is C19H20N2O. The molecule has 3 nitrogen and oxygen atoms in total. The molecule has 0 unspecified atom stereocenters. The van der Waals surface area contributed by atoms with Gasteiger partial charge in [-0.05, 0) is 32.4 Å². The van der Waals surface area contributed by atoms with E-state index < -0.39 is 0 Å². The number of aryl methyl sites for hydroxylation is 3. The summed E-state index contributed by atoms with van der Waals surface area (Å²) in [6.45, 7) is 6.71. The number of aromatic amines is 1. The van der Waals surface area contributed by atoms with Crippen LogP contribution in [0.15, 0.2) is 53.3 Å². The molecular weight excluding hydrogens is 272 g/mol. The van der Waals surface area contributed by atoms with Crippen LogP contribution in [0.5, 0.6) is 0 Å². The van der Waals surface area contributed by atoms with Gasteiger partial charge in [0, 0.05) is 12.1 Å². The van der Waals surface area contributed by atoms with E-state index in [-0.39, 0.29) is 5.56 Å². The van der Waals surface area contributed by atoms with Crippen LogP contribution in [-0.2, 0) is 6.54 Å². The molecule has 1 N–H and O–H groups in total. The first-order valence-electron chi connectivity index (χ1n) is 7.57. The highest BCUT2D eigenvalue weighted by molar-refractivity contribution is 5.80. The van der Waals surface area contributed by atoms with Crippen molar-refractivity contribution >= 4 is 0 Å². The SMILES string of the molecule is CCn1[nH]c(-c2cccc(C)c2)c(-c2ccc(C)cc2)c1=O. The normalized spacial score (nSPS) is 10.9. The largest absolute Gasteiger partial charge is 0.294 e. The zero-order valence-corrected chi connectivity index (χ0v) is 13.2. The zero-order valence-electron chi connectivity index (χ0n) is 13.2. The molecule has 3 aromatic rings. The van der Waals surface area contributed by atoms with Crippen molar-refractivity contribution in [3.63, 3.8) is 0 Å². The Bertz CT molecular complexity index is 854. The third-order valence-electron chi connectivity index (χ3n) is 3.92. The van der Waals surface area contributed by atoms with E-state index in [0.717, 1.165) is 22.4 Å². The molecule has 0 aliphatic heterocycles. The molecule has 0 saturated carbocycles. The van der Waals surface area contributed by atoms with Gasteiger partial charge >= 0.3 is 0 Å². The molecule has 1 heterocycles. The van der Waals surface area contributed by atoms with E-state index in [0.29, 0.717) is 6.54 Å². The number of H-pyrrole nitrogens is 1. The van der Waals surface area contributed by atoms with Crippen LogP contribution < -0.4 is 5.56 Å². The molecule has 1 aromatic heterocycles. The first-order valence-corrected chi connectivity index (χ1v) is 7.57. The summed E-state index contributed by atoms with van der Waals surface area (Å²) in [5.74, 6) is 0. The van der Waals surface area contributed by atoms with Crippen LogP contribution in [0.1, 0.15) is 18.1 Å². The van der Waals surface area contributed by atoms with Crippen LogP contribution in [0.4, 0.5) is 0 Å². The first-order chi connectivity index (χ1) is 10.6. The van der Waals surface area contributed by atoms with Gasteiger partial charge in [-0.1, -0.05) is 53.6 Å². The van der Waals surface area contributed by atoms with Crippen LogP contribution in [-0.4, -0.2) is 9.78 Å². The fourth-order valence-corrected chi connectivity index (χ4v) is 2.70. The predicted octanol–water partition coefficient (Wildman–Crippen LogP) is 4.15. The van der Waals surface area contributed by atoms with Crippen molar-refractivity contribution in [3.05, 3.63) is 70.0 Å². The third kappa shape index (κ3) is 2.50. The molecule has 0 amide bonds. The molecule has 112 valence electrons. The number of rotatable bonds is 3. The van der Waals surface area contributed by atoms with Gasteiger partial charge in [-0.2, -0.15) is 0 Å². The van der Waals surface area contributed by atoms with E-state index in [1.807, 2.05) is 50.2 Å². The summed E-state index contributed by atoms with van der Waals surface area (Å²) in [5, 5.41) is 3.26. The van der Waals surface area contributed by atoms with Gasteiger partial charge in [-0.25, -0.2) is 0 Å². The number of nitrogens with zero attached hydrogens (tertiary/aromatic N) is 1. The number of nitrogens with one attached hydrogen (secondary N) is 1. The Morgan fingerprint density at radius 1 is 0.955 bits per heavy atom. The molecule has 0 spiro atoms. The topological polar surface area (TPSA) is 37.8 Å². The van der Waals surface area contributed by atoms with Crippen molar-refractivity contribution in [3.8, 4) is 22.4 Å². The lowest BCUT2D eigenvalue weighted by molar-refractivity contribution is 0.640. The van der Waals surface area contributed by atoms with Crippen LogP contribution in [0.3, 0.4) is 0 Å². The van der Waals surface area contributed by atoms with Crippen molar-refractivity contribution in [2.45, 2.75) is 27.3 Å². The van der Waals surface area contributed by atoms with E-state index in [2.05, 4.69) is 24.2 Å². The van der Waals surface area contributed by atoms with Crippen molar-refractivity contribution in [1.29, 1.82) is 0 Å². The minimum atomic E-state index is 0.0304. The third-order valence-corrected chi connectivity index (χ3v) is 3.92. The standard InChI is InChI=1S/C19H20N2O/c1-4-21-19(22)17(15-10-8-13(2)9-11-15)18(20-21)16-7-5-6-14(3)12-16/h5-12,20H,4H2,1-3H3.